The monoisotopic (exact) mass is 246 g/mol. The largest absolute Gasteiger partial charge is 0.384 e. The maximum Gasteiger partial charge on any atom is 0.105 e. The van der Waals surface area contributed by atoms with Crippen LogP contribution in [-0.4, -0.2) is 5.11 Å². The number of aliphatic hydroxyl groups excluding tert-OH is 1. The Morgan fingerprint density at radius 1 is 1.18 bits per heavy atom. The number of aliphatic hydroxyl groups is 1. The van der Waals surface area contributed by atoms with E-state index in [0.29, 0.717) is 13.2 Å². The number of thiophene rings is 1. The molecule has 2 heterocycles. The number of ether oxygens (including phenoxy) is 1. The fourth-order valence-corrected chi connectivity index (χ4v) is 2.88. The first-order valence-corrected chi connectivity index (χ1v) is 6.54. The minimum absolute atomic E-state index is 0.522. The quantitative estimate of drug-likeness (QED) is 0.882. The Hall–Kier alpha value is -1.16. The van der Waals surface area contributed by atoms with E-state index in [9.17, 15) is 5.11 Å². The van der Waals surface area contributed by atoms with E-state index in [0.717, 1.165) is 11.1 Å². The van der Waals surface area contributed by atoms with Crippen molar-refractivity contribution >= 4 is 11.3 Å². The van der Waals surface area contributed by atoms with Crippen LogP contribution in [0.1, 0.15) is 33.2 Å². The molecule has 0 radical (unpaired) electrons. The first-order valence-electron chi connectivity index (χ1n) is 5.66. The van der Waals surface area contributed by atoms with Gasteiger partial charge in [0.25, 0.3) is 0 Å². The molecule has 1 aliphatic rings. The van der Waals surface area contributed by atoms with Crippen molar-refractivity contribution in [2.45, 2.75) is 26.2 Å². The minimum atomic E-state index is -0.522. The molecule has 0 spiro atoms. The number of hydrogen-bond acceptors (Lipinski definition) is 3. The normalized spacial score (nSPS) is 15.9. The first-order chi connectivity index (χ1) is 8.24. The molecule has 0 amide bonds. The van der Waals surface area contributed by atoms with Crippen LogP contribution in [0.2, 0.25) is 0 Å². The Labute approximate surface area is 104 Å². The third-order valence-electron chi connectivity index (χ3n) is 3.13. The molecule has 1 atom stereocenters. The molecule has 1 aromatic heterocycles. The van der Waals surface area contributed by atoms with Gasteiger partial charge in [0.2, 0.25) is 0 Å². The van der Waals surface area contributed by atoms with Crippen LogP contribution in [0.25, 0.3) is 0 Å². The molecule has 0 aliphatic carbocycles. The molecule has 1 aromatic carbocycles. The van der Waals surface area contributed by atoms with E-state index in [1.54, 1.807) is 11.3 Å². The summed E-state index contributed by atoms with van der Waals surface area (Å²) in [4.78, 5) is 1.23. The summed E-state index contributed by atoms with van der Waals surface area (Å²) in [7, 11) is 0. The highest BCUT2D eigenvalue weighted by Crippen LogP contribution is 2.29. The molecule has 1 aliphatic heterocycles. The average molecular weight is 246 g/mol. The van der Waals surface area contributed by atoms with Gasteiger partial charge in [0, 0.05) is 4.88 Å². The van der Waals surface area contributed by atoms with Crippen LogP contribution in [0.5, 0.6) is 0 Å². The van der Waals surface area contributed by atoms with Crippen LogP contribution in [0.15, 0.2) is 29.6 Å². The second kappa shape index (κ2) is 4.26. The number of rotatable bonds is 2. The summed E-state index contributed by atoms with van der Waals surface area (Å²) in [5.74, 6) is 0. The molecule has 0 saturated heterocycles. The van der Waals surface area contributed by atoms with Crippen LogP contribution in [-0.2, 0) is 18.0 Å². The summed E-state index contributed by atoms with van der Waals surface area (Å²) < 4.78 is 5.38. The van der Waals surface area contributed by atoms with Crippen molar-refractivity contribution in [1.82, 2.24) is 0 Å². The molecule has 0 bridgehead atoms. The lowest BCUT2D eigenvalue weighted by Gasteiger charge is -2.10. The van der Waals surface area contributed by atoms with Crippen molar-refractivity contribution in [1.29, 1.82) is 0 Å². The fraction of sp³-hybridized carbons (Fsp3) is 0.286. The van der Waals surface area contributed by atoms with E-state index in [2.05, 4.69) is 19.1 Å². The Morgan fingerprint density at radius 3 is 2.76 bits per heavy atom. The van der Waals surface area contributed by atoms with E-state index < -0.39 is 6.10 Å². The van der Waals surface area contributed by atoms with Crippen molar-refractivity contribution < 1.29 is 9.84 Å². The minimum Gasteiger partial charge on any atom is -0.384 e. The Bertz CT molecular complexity index is 545. The maximum atomic E-state index is 10.3. The Balaban J connectivity index is 1.94. The third kappa shape index (κ3) is 2.02. The van der Waals surface area contributed by atoms with Gasteiger partial charge in [0.05, 0.1) is 13.2 Å². The molecule has 3 rings (SSSR count). The topological polar surface area (TPSA) is 29.5 Å². The molecule has 88 valence electrons. The number of benzene rings is 1. The number of fused-ring (bicyclic) bond motifs is 1. The summed E-state index contributed by atoms with van der Waals surface area (Å²) in [6, 6.07) is 8.14. The van der Waals surface area contributed by atoms with Crippen LogP contribution in [0.3, 0.4) is 0 Å². The Kier molecular flexibility index (Phi) is 2.74. The first kappa shape index (κ1) is 11.0. The highest BCUT2D eigenvalue weighted by molar-refractivity contribution is 7.10. The second-order valence-electron chi connectivity index (χ2n) is 4.41. The van der Waals surface area contributed by atoms with Crippen LogP contribution >= 0.6 is 11.3 Å². The second-order valence-corrected chi connectivity index (χ2v) is 5.53. The average Bonchev–Trinajstić information content (AvgIpc) is 2.95. The summed E-state index contributed by atoms with van der Waals surface area (Å²) in [6.07, 6.45) is -0.522. The zero-order valence-electron chi connectivity index (χ0n) is 9.64. The lowest BCUT2D eigenvalue weighted by atomic mass is 9.99. The lowest BCUT2D eigenvalue weighted by Crippen LogP contribution is -1.99. The highest BCUT2D eigenvalue weighted by atomic mass is 32.1. The summed E-state index contributed by atoms with van der Waals surface area (Å²) in [6.45, 7) is 3.42. The molecule has 1 N–H and O–H groups in total. The van der Waals surface area contributed by atoms with E-state index in [4.69, 9.17) is 4.74 Å². The molecule has 3 heteroatoms. The zero-order valence-corrected chi connectivity index (χ0v) is 10.5. The summed E-state index contributed by atoms with van der Waals surface area (Å²) in [5.41, 5.74) is 4.37. The predicted octanol–water partition coefficient (Wildman–Crippen LogP) is 3.17. The van der Waals surface area contributed by atoms with E-state index >= 15 is 0 Å². The van der Waals surface area contributed by atoms with E-state index in [1.807, 2.05) is 17.5 Å². The van der Waals surface area contributed by atoms with Gasteiger partial charge < -0.3 is 9.84 Å². The Morgan fingerprint density at radius 2 is 2.00 bits per heavy atom. The molecule has 0 saturated carbocycles. The van der Waals surface area contributed by atoms with Crippen LogP contribution in [0, 0.1) is 6.92 Å². The van der Waals surface area contributed by atoms with Gasteiger partial charge in [0.1, 0.15) is 6.10 Å². The van der Waals surface area contributed by atoms with Crippen LogP contribution < -0.4 is 0 Å². The fourth-order valence-electron chi connectivity index (χ4n) is 2.16. The molecular weight excluding hydrogens is 232 g/mol. The van der Waals surface area contributed by atoms with Crippen molar-refractivity contribution in [3.05, 3.63) is 56.8 Å². The van der Waals surface area contributed by atoms with Gasteiger partial charge >= 0.3 is 0 Å². The molecule has 2 nitrogen and oxygen atoms in total. The van der Waals surface area contributed by atoms with Gasteiger partial charge in [-0.2, -0.15) is 0 Å². The SMILES string of the molecule is Cc1cc(C(O)c2ccc3c(c2)COC3)cs1. The van der Waals surface area contributed by atoms with Gasteiger partial charge in [-0.3, -0.25) is 0 Å². The van der Waals surface area contributed by atoms with Gasteiger partial charge in [0.15, 0.2) is 0 Å². The van der Waals surface area contributed by atoms with Gasteiger partial charge in [-0.15, -0.1) is 11.3 Å². The highest BCUT2D eigenvalue weighted by Gasteiger charge is 2.16. The van der Waals surface area contributed by atoms with E-state index in [-0.39, 0.29) is 0 Å². The molecule has 17 heavy (non-hydrogen) atoms. The maximum absolute atomic E-state index is 10.3. The van der Waals surface area contributed by atoms with Gasteiger partial charge in [-0.1, -0.05) is 18.2 Å². The molecule has 0 fully saturated rings. The van der Waals surface area contributed by atoms with Gasteiger partial charge in [-0.25, -0.2) is 0 Å². The predicted molar refractivity (Wildman–Crippen MR) is 68.1 cm³/mol. The van der Waals surface area contributed by atoms with Crippen molar-refractivity contribution in [3.8, 4) is 0 Å². The standard InChI is InChI=1S/C14H14O2S/c1-9-4-13(8-17-9)14(15)10-2-3-11-6-16-7-12(11)5-10/h2-5,8,14-15H,6-7H2,1H3. The molecule has 1 unspecified atom stereocenters. The number of hydrogen-bond donors (Lipinski definition) is 1. The smallest absolute Gasteiger partial charge is 0.105 e. The van der Waals surface area contributed by atoms with E-state index in [1.165, 1.54) is 16.0 Å². The molecular formula is C14H14O2S. The number of aryl methyl sites for hydroxylation is 1. The van der Waals surface area contributed by atoms with Gasteiger partial charge in [-0.05, 0) is 40.6 Å². The van der Waals surface area contributed by atoms with Crippen molar-refractivity contribution in [2.75, 3.05) is 0 Å². The van der Waals surface area contributed by atoms with Crippen molar-refractivity contribution in [2.24, 2.45) is 0 Å². The van der Waals surface area contributed by atoms with Crippen molar-refractivity contribution in [3.63, 3.8) is 0 Å². The zero-order chi connectivity index (χ0) is 11.8. The summed E-state index contributed by atoms with van der Waals surface area (Å²) in [5, 5.41) is 12.3. The third-order valence-corrected chi connectivity index (χ3v) is 4.01. The lowest BCUT2D eigenvalue weighted by molar-refractivity contribution is 0.134. The molecule has 2 aromatic rings. The summed E-state index contributed by atoms with van der Waals surface area (Å²) >= 11 is 1.67. The van der Waals surface area contributed by atoms with Crippen LogP contribution in [0.4, 0.5) is 0 Å².